The molecule has 0 unspecified atom stereocenters. The van der Waals surface area contributed by atoms with Gasteiger partial charge >= 0.3 is 0 Å². The average Bonchev–Trinajstić information content (AvgIpc) is 3.60. The van der Waals surface area contributed by atoms with Crippen LogP contribution in [-0.4, -0.2) is 21.5 Å². The second-order valence-electron chi connectivity index (χ2n) is 9.43. The number of para-hydroxylation sites is 2. The third-order valence-corrected chi connectivity index (χ3v) is 6.64. The Morgan fingerprint density at radius 3 is 2.18 bits per heavy atom. The molecule has 0 saturated heterocycles. The summed E-state index contributed by atoms with van der Waals surface area (Å²) in [7, 11) is 2.01. The second kappa shape index (κ2) is 11.3. The molecular weight excluding hydrogens is 661 g/mol. The minimum atomic E-state index is 0. The molecule has 198 valence electrons. The van der Waals surface area contributed by atoms with E-state index >= 15 is 0 Å². The van der Waals surface area contributed by atoms with Gasteiger partial charge in [0.05, 0.1) is 12.0 Å². The molecule has 6 heteroatoms. The summed E-state index contributed by atoms with van der Waals surface area (Å²) in [6.45, 7) is 6.29. The van der Waals surface area contributed by atoms with Crippen molar-refractivity contribution in [2.24, 2.45) is 0 Å². The maximum atomic E-state index is 4.75. The monoisotopic (exact) mass is 689 g/mol. The first-order valence-corrected chi connectivity index (χ1v) is 12.6. The van der Waals surface area contributed by atoms with Crippen molar-refractivity contribution in [1.82, 2.24) is 14.5 Å². The van der Waals surface area contributed by atoms with Crippen molar-refractivity contribution in [3.63, 3.8) is 0 Å². The molecule has 4 aromatic carbocycles. The zero-order chi connectivity index (χ0) is 26.1. The van der Waals surface area contributed by atoms with Crippen LogP contribution < -0.4 is 9.80 Å². The number of benzene rings is 4. The van der Waals surface area contributed by atoms with Crippen LogP contribution in [0.3, 0.4) is 0 Å². The summed E-state index contributed by atoms with van der Waals surface area (Å²) < 4.78 is 2.10. The molecule has 6 rings (SSSR count). The molecule has 2 heterocycles. The Balaban J connectivity index is 0.00000308. The summed E-state index contributed by atoms with van der Waals surface area (Å²) in [5, 5.41) is 0. The van der Waals surface area contributed by atoms with Gasteiger partial charge in [0.15, 0.2) is 0 Å². The summed E-state index contributed by atoms with van der Waals surface area (Å²) in [5.41, 5.74) is 9.25. The SMILES string of the molecule is Cc1cccc(C)c1-n1cnc(-c2[c-]c(N(c3[c-]c(N4C=CN(C)[CH-]4)ccc3)c3ccccc3)ccc2)c1.[Pt]. The Hall–Kier alpha value is -4.08. The number of imidazole rings is 1. The summed E-state index contributed by atoms with van der Waals surface area (Å²) in [4.78, 5) is 11.0. The van der Waals surface area contributed by atoms with Crippen LogP contribution in [0.15, 0.2) is 110 Å². The van der Waals surface area contributed by atoms with Gasteiger partial charge in [-0.15, -0.1) is 53.7 Å². The quantitative estimate of drug-likeness (QED) is 0.172. The van der Waals surface area contributed by atoms with Gasteiger partial charge in [0.1, 0.15) is 0 Å². The summed E-state index contributed by atoms with van der Waals surface area (Å²) in [6, 6.07) is 36.3. The van der Waals surface area contributed by atoms with Gasteiger partial charge in [-0.25, -0.2) is 0 Å². The second-order valence-corrected chi connectivity index (χ2v) is 9.43. The van der Waals surface area contributed by atoms with Crippen molar-refractivity contribution < 1.29 is 21.1 Å². The van der Waals surface area contributed by atoms with Gasteiger partial charge in [-0.2, -0.15) is 12.7 Å². The number of rotatable bonds is 6. The normalized spacial score (nSPS) is 12.5. The molecular formula is C33H28N5Pt-3. The molecule has 39 heavy (non-hydrogen) atoms. The minimum absolute atomic E-state index is 0. The van der Waals surface area contributed by atoms with Crippen molar-refractivity contribution in [2.45, 2.75) is 13.8 Å². The number of hydrogen-bond acceptors (Lipinski definition) is 4. The summed E-state index contributed by atoms with van der Waals surface area (Å²) >= 11 is 0. The fourth-order valence-corrected chi connectivity index (χ4v) is 4.84. The van der Waals surface area contributed by atoms with Gasteiger partial charge in [0.25, 0.3) is 0 Å². The molecule has 0 spiro atoms. The van der Waals surface area contributed by atoms with E-state index in [9.17, 15) is 0 Å². The van der Waals surface area contributed by atoms with Gasteiger partial charge in [0.2, 0.25) is 0 Å². The summed E-state index contributed by atoms with van der Waals surface area (Å²) in [6.07, 6.45) is 8.01. The number of hydrogen-bond donors (Lipinski definition) is 0. The van der Waals surface area contributed by atoms with E-state index < -0.39 is 0 Å². The molecule has 0 saturated carbocycles. The third-order valence-electron chi connectivity index (χ3n) is 6.64. The maximum absolute atomic E-state index is 4.75. The Bertz CT molecular complexity index is 1590. The predicted octanol–water partition coefficient (Wildman–Crippen LogP) is 7.57. The van der Waals surface area contributed by atoms with Crippen molar-refractivity contribution >= 4 is 22.7 Å². The maximum Gasteiger partial charge on any atom is 0.0883 e. The fourth-order valence-electron chi connectivity index (χ4n) is 4.84. The summed E-state index contributed by atoms with van der Waals surface area (Å²) in [5.74, 6) is 0. The van der Waals surface area contributed by atoms with Gasteiger partial charge in [-0.3, -0.25) is 4.98 Å². The van der Waals surface area contributed by atoms with E-state index in [-0.39, 0.29) is 21.1 Å². The van der Waals surface area contributed by atoms with E-state index in [0.717, 1.165) is 39.7 Å². The third kappa shape index (κ3) is 5.41. The van der Waals surface area contributed by atoms with Crippen LogP contribution in [0.5, 0.6) is 0 Å². The zero-order valence-electron chi connectivity index (χ0n) is 22.0. The molecule has 0 atom stereocenters. The Kier molecular flexibility index (Phi) is 7.72. The molecule has 5 nitrogen and oxygen atoms in total. The van der Waals surface area contributed by atoms with E-state index in [4.69, 9.17) is 4.98 Å². The number of nitrogens with zero attached hydrogens (tertiary/aromatic N) is 5. The van der Waals surface area contributed by atoms with Crippen LogP contribution in [0.25, 0.3) is 16.9 Å². The molecule has 1 aliphatic heterocycles. The molecule has 0 radical (unpaired) electrons. The van der Waals surface area contributed by atoms with E-state index in [1.165, 1.54) is 11.1 Å². The number of anilines is 4. The van der Waals surface area contributed by atoms with Crippen LogP contribution in [0.2, 0.25) is 0 Å². The van der Waals surface area contributed by atoms with Gasteiger partial charge in [-0.05, 0) is 68.4 Å². The van der Waals surface area contributed by atoms with Crippen LogP contribution in [0, 0.1) is 32.6 Å². The molecule has 0 N–H and O–H groups in total. The minimum Gasteiger partial charge on any atom is -0.510 e. The van der Waals surface area contributed by atoms with Crippen LogP contribution in [0.4, 0.5) is 22.7 Å². The first-order valence-electron chi connectivity index (χ1n) is 12.6. The molecule has 0 aliphatic carbocycles. The van der Waals surface area contributed by atoms with Gasteiger partial charge in [-0.1, -0.05) is 42.1 Å². The largest absolute Gasteiger partial charge is 0.510 e. The molecule has 0 amide bonds. The number of aryl methyl sites for hydroxylation is 2. The predicted molar refractivity (Wildman–Crippen MR) is 155 cm³/mol. The molecule has 0 fully saturated rings. The van der Waals surface area contributed by atoms with Gasteiger partial charge < -0.3 is 19.3 Å². The van der Waals surface area contributed by atoms with Gasteiger partial charge in [0, 0.05) is 32.4 Å². The average molecular weight is 690 g/mol. The molecule has 5 aromatic rings. The van der Waals surface area contributed by atoms with E-state index in [1.807, 2.05) is 55.5 Å². The zero-order valence-corrected chi connectivity index (χ0v) is 24.3. The molecule has 0 bridgehead atoms. The van der Waals surface area contributed by atoms with E-state index in [2.05, 4.69) is 113 Å². The Morgan fingerprint density at radius 1 is 0.769 bits per heavy atom. The molecule has 1 aliphatic rings. The van der Waals surface area contributed by atoms with Crippen molar-refractivity contribution in [3.8, 4) is 16.9 Å². The van der Waals surface area contributed by atoms with E-state index in [1.54, 1.807) is 0 Å². The Labute approximate surface area is 244 Å². The standard InChI is InChI=1S/C33H28N5.Pt/c1-25-10-7-11-26(2)33(25)37-22-32(34-23-37)27-12-8-16-30(20-27)38(28-13-5-4-6-14-28)31-17-9-15-29(21-31)36-19-18-35(3)24-36;/h4-19,22-24H,1-3H3;/q-3;. The van der Waals surface area contributed by atoms with Crippen LogP contribution in [-0.2, 0) is 21.1 Å². The fraction of sp³-hybridized carbons (Fsp3) is 0.0909. The smallest absolute Gasteiger partial charge is 0.0883 e. The van der Waals surface area contributed by atoms with Crippen molar-refractivity contribution in [2.75, 3.05) is 16.8 Å². The van der Waals surface area contributed by atoms with E-state index in [0.29, 0.717) is 0 Å². The number of aromatic nitrogens is 2. The van der Waals surface area contributed by atoms with Crippen LogP contribution >= 0.6 is 0 Å². The van der Waals surface area contributed by atoms with Crippen molar-refractivity contribution in [3.05, 3.63) is 140 Å². The first kappa shape index (κ1) is 26.5. The first-order chi connectivity index (χ1) is 18.6. The van der Waals surface area contributed by atoms with Crippen molar-refractivity contribution in [1.29, 1.82) is 0 Å². The topological polar surface area (TPSA) is 27.5 Å². The Morgan fingerprint density at radius 2 is 1.46 bits per heavy atom. The van der Waals surface area contributed by atoms with Crippen LogP contribution in [0.1, 0.15) is 11.1 Å². The molecule has 1 aromatic heterocycles.